The van der Waals surface area contributed by atoms with E-state index in [1.165, 1.54) is 11.0 Å². The van der Waals surface area contributed by atoms with Crippen LogP contribution in [-0.4, -0.2) is 29.8 Å². The standard InChI is InChI=1S/C31H31F4NO3/c1-19-10-13-26(16-20(19)2)39-27-14-11-24-17-25(30(38,22(4)32)31(33,34)35)12-15-28(24)36(18-27)29(37)21(3)23-8-6-5-7-9-23/h5-10,12-13,15-17,21,27,38H,4,11,14,18H2,1-3H3/t21-,27-,30?/m0/s1. The monoisotopic (exact) mass is 541 g/mol. The highest BCUT2D eigenvalue weighted by Crippen LogP contribution is 2.46. The maximum Gasteiger partial charge on any atom is 0.428 e. The molecule has 1 unspecified atom stereocenters. The van der Waals surface area contributed by atoms with Crippen molar-refractivity contribution in [3.05, 3.63) is 107 Å². The summed E-state index contributed by atoms with van der Waals surface area (Å²) < 4.78 is 61.7. The zero-order chi connectivity index (χ0) is 28.5. The van der Waals surface area contributed by atoms with E-state index in [0.717, 1.165) is 28.8 Å². The Bertz CT molecular complexity index is 1370. The van der Waals surface area contributed by atoms with Crippen LogP contribution in [-0.2, 0) is 16.8 Å². The number of rotatable bonds is 6. The molecule has 8 heteroatoms. The minimum atomic E-state index is -5.33. The van der Waals surface area contributed by atoms with Gasteiger partial charge in [0.2, 0.25) is 11.5 Å². The number of alkyl halides is 3. The molecule has 0 spiro atoms. The fourth-order valence-corrected chi connectivity index (χ4v) is 4.86. The Kier molecular flexibility index (Phi) is 7.89. The van der Waals surface area contributed by atoms with E-state index in [0.29, 0.717) is 23.4 Å². The van der Waals surface area contributed by atoms with Gasteiger partial charge in [-0.1, -0.05) is 55.1 Å². The van der Waals surface area contributed by atoms with Crippen LogP contribution in [0.4, 0.5) is 23.2 Å². The van der Waals surface area contributed by atoms with Crippen molar-refractivity contribution in [2.45, 2.75) is 57.4 Å². The number of fused-ring (bicyclic) bond motifs is 1. The SMILES string of the molecule is C=C(F)C(O)(c1ccc2c(c1)CC[C@H](Oc1ccc(C)c(C)c1)CN2C(=O)[C@@H](C)c1ccccc1)C(F)(F)F. The zero-order valence-corrected chi connectivity index (χ0v) is 22.1. The second-order valence-electron chi connectivity index (χ2n) is 10.1. The number of aliphatic hydroxyl groups is 1. The molecule has 0 bridgehead atoms. The van der Waals surface area contributed by atoms with Gasteiger partial charge in [0.15, 0.2) is 0 Å². The van der Waals surface area contributed by atoms with Crippen molar-refractivity contribution in [1.82, 2.24) is 0 Å². The van der Waals surface area contributed by atoms with Crippen molar-refractivity contribution in [1.29, 1.82) is 0 Å². The molecule has 0 aromatic heterocycles. The molecule has 3 atom stereocenters. The lowest BCUT2D eigenvalue weighted by atomic mass is 9.89. The summed E-state index contributed by atoms with van der Waals surface area (Å²) >= 11 is 0. The molecule has 1 amide bonds. The highest BCUT2D eigenvalue weighted by atomic mass is 19.4. The van der Waals surface area contributed by atoms with Crippen LogP contribution in [0.15, 0.2) is 79.1 Å². The number of carbonyl (C=O) groups excluding carboxylic acids is 1. The molecule has 39 heavy (non-hydrogen) atoms. The van der Waals surface area contributed by atoms with Crippen LogP contribution in [0.25, 0.3) is 0 Å². The van der Waals surface area contributed by atoms with Crippen LogP contribution >= 0.6 is 0 Å². The van der Waals surface area contributed by atoms with Gasteiger partial charge in [-0.3, -0.25) is 4.79 Å². The Morgan fingerprint density at radius 2 is 1.74 bits per heavy atom. The molecular formula is C31H31F4NO3. The van der Waals surface area contributed by atoms with Crippen molar-refractivity contribution in [2.24, 2.45) is 0 Å². The maximum absolute atomic E-state index is 14.1. The Morgan fingerprint density at radius 1 is 1.05 bits per heavy atom. The minimum absolute atomic E-state index is 0.161. The molecule has 3 aromatic rings. The zero-order valence-electron chi connectivity index (χ0n) is 22.1. The third kappa shape index (κ3) is 5.57. The van der Waals surface area contributed by atoms with Crippen LogP contribution in [0.3, 0.4) is 0 Å². The smallest absolute Gasteiger partial charge is 0.428 e. The molecule has 1 aliphatic heterocycles. The van der Waals surface area contributed by atoms with Gasteiger partial charge in [0.25, 0.3) is 0 Å². The minimum Gasteiger partial charge on any atom is -0.489 e. The predicted octanol–water partition coefficient (Wildman–Crippen LogP) is 7.07. The molecule has 4 nitrogen and oxygen atoms in total. The highest BCUT2D eigenvalue weighted by Gasteiger charge is 2.58. The molecule has 0 saturated carbocycles. The Hall–Kier alpha value is -3.65. The van der Waals surface area contributed by atoms with Gasteiger partial charge in [0.1, 0.15) is 17.7 Å². The molecule has 0 saturated heterocycles. The van der Waals surface area contributed by atoms with Crippen molar-refractivity contribution in [3.8, 4) is 5.75 Å². The second-order valence-corrected chi connectivity index (χ2v) is 10.1. The summed E-state index contributed by atoms with van der Waals surface area (Å²) in [6.07, 6.45) is -5.17. The number of hydrogen-bond acceptors (Lipinski definition) is 3. The van der Waals surface area contributed by atoms with E-state index in [-0.39, 0.29) is 18.9 Å². The van der Waals surface area contributed by atoms with Gasteiger partial charge in [-0.05, 0) is 74.1 Å². The molecular weight excluding hydrogens is 510 g/mol. The van der Waals surface area contributed by atoms with Crippen LogP contribution in [0.5, 0.6) is 5.75 Å². The van der Waals surface area contributed by atoms with Gasteiger partial charge < -0.3 is 14.7 Å². The number of aryl methyl sites for hydroxylation is 3. The van der Waals surface area contributed by atoms with Gasteiger partial charge in [-0.25, -0.2) is 4.39 Å². The molecule has 3 aromatic carbocycles. The molecule has 1 heterocycles. The summed E-state index contributed by atoms with van der Waals surface area (Å²) in [5.74, 6) is -2.10. The summed E-state index contributed by atoms with van der Waals surface area (Å²) in [4.78, 5) is 15.3. The lowest BCUT2D eigenvalue weighted by Gasteiger charge is -2.31. The second kappa shape index (κ2) is 10.8. The third-order valence-corrected chi connectivity index (χ3v) is 7.43. The average molecular weight is 542 g/mol. The summed E-state index contributed by atoms with van der Waals surface area (Å²) in [6, 6.07) is 18.3. The van der Waals surface area contributed by atoms with E-state index in [2.05, 4.69) is 6.58 Å². The molecule has 4 rings (SSSR count). The van der Waals surface area contributed by atoms with Gasteiger partial charge in [-0.2, -0.15) is 13.2 Å². The molecule has 0 fully saturated rings. The summed E-state index contributed by atoms with van der Waals surface area (Å²) in [7, 11) is 0. The molecule has 206 valence electrons. The normalized spacial score (nSPS) is 17.9. The largest absolute Gasteiger partial charge is 0.489 e. The predicted molar refractivity (Wildman–Crippen MR) is 143 cm³/mol. The number of anilines is 1. The van der Waals surface area contributed by atoms with Crippen molar-refractivity contribution < 1.29 is 32.2 Å². The van der Waals surface area contributed by atoms with Gasteiger partial charge in [0.05, 0.1) is 12.5 Å². The molecule has 1 aliphatic rings. The van der Waals surface area contributed by atoms with Crippen molar-refractivity contribution in [3.63, 3.8) is 0 Å². The quantitative estimate of drug-likeness (QED) is 0.340. The lowest BCUT2D eigenvalue weighted by molar-refractivity contribution is -0.255. The van der Waals surface area contributed by atoms with Gasteiger partial charge in [0, 0.05) is 11.3 Å². The van der Waals surface area contributed by atoms with E-state index < -0.39 is 35.2 Å². The van der Waals surface area contributed by atoms with Crippen LogP contribution in [0.1, 0.15) is 47.1 Å². The van der Waals surface area contributed by atoms with E-state index in [1.807, 2.05) is 62.4 Å². The maximum atomic E-state index is 14.1. The van der Waals surface area contributed by atoms with Crippen LogP contribution < -0.4 is 9.64 Å². The molecule has 0 radical (unpaired) electrons. The first-order valence-corrected chi connectivity index (χ1v) is 12.7. The number of hydrogen-bond donors (Lipinski definition) is 1. The summed E-state index contributed by atoms with van der Waals surface area (Å²) in [5, 5.41) is 10.4. The first kappa shape index (κ1) is 28.4. The number of nitrogens with zero attached hydrogens (tertiary/aromatic N) is 1. The highest BCUT2D eigenvalue weighted by molar-refractivity contribution is 5.98. The Morgan fingerprint density at radius 3 is 2.36 bits per heavy atom. The first-order chi connectivity index (χ1) is 18.3. The fraction of sp³-hybridized carbons (Fsp3) is 0.323. The summed E-state index contributed by atoms with van der Waals surface area (Å²) in [6.45, 7) is 8.63. The topological polar surface area (TPSA) is 49.8 Å². The van der Waals surface area contributed by atoms with Crippen molar-refractivity contribution in [2.75, 3.05) is 11.4 Å². The van der Waals surface area contributed by atoms with Crippen LogP contribution in [0.2, 0.25) is 0 Å². The van der Waals surface area contributed by atoms with Crippen LogP contribution in [0, 0.1) is 13.8 Å². The van der Waals surface area contributed by atoms with E-state index >= 15 is 0 Å². The van der Waals surface area contributed by atoms with E-state index in [9.17, 15) is 27.5 Å². The molecule has 1 N–H and O–H groups in total. The fourth-order valence-electron chi connectivity index (χ4n) is 4.86. The summed E-state index contributed by atoms with van der Waals surface area (Å²) in [5.41, 5.74) is -0.866. The Balaban J connectivity index is 1.75. The van der Waals surface area contributed by atoms with Crippen molar-refractivity contribution >= 4 is 11.6 Å². The van der Waals surface area contributed by atoms with E-state index in [4.69, 9.17) is 4.74 Å². The number of carbonyl (C=O) groups is 1. The lowest BCUT2D eigenvalue weighted by Crippen LogP contribution is -2.43. The number of ether oxygens (including phenoxy) is 1. The number of amides is 1. The Labute approximate surface area is 225 Å². The average Bonchev–Trinajstić information content (AvgIpc) is 3.08. The number of halogens is 4. The van der Waals surface area contributed by atoms with Gasteiger partial charge >= 0.3 is 6.18 Å². The van der Waals surface area contributed by atoms with E-state index in [1.54, 1.807) is 6.92 Å². The third-order valence-electron chi connectivity index (χ3n) is 7.43. The molecule has 0 aliphatic carbocycles. The first-order valence-electron chi connectivity index (χ1n) is 12.7. The number of benzene rings is 3. The van der Waals surface area contributed by atoms with Gasteiger partial charge in [-0.15, -0.1) is 0 Å².